The van der Waals surface area contributed by atoms with Crippen molar-refractivity contribution >= 4 is 23.2 Å². The van der Waals surface area contributed by atoms with Gasteiger partial charge in [-0.05, 0) is 42.5 Å². The van der Waals surface area contributed by atoms with Crippen molar-refractivity contribution in [1.82, 2.24) is 10.2 Å². The molecule has 2 aliphatic heterocycles. The van der Waals surface area contributed by atoms with Crippen LogP contribution in [0.2, 0.25) is 0 Å². The van der Waals surface area contributed by atoms with Gasteiger partial charge in [-0.2, -0.15) is 0 Å². The third-order valence-electron chi connectivity index (χ3n) is 6.28. The predicted molar refractivity (Wildman–Crippen MR) is 119 cm³/mol. The average molecular weight is 441 g/mol. The van der Waals surface area contributed by atoms with E-state index in [9.17, 15) is 19.7 Å². The van der Waals surface area contributed by atoms with Gasteiger partial charge in [0, 0.05) is 44.0 Å². The Morgan fingerprint density at radius 2 is 2.09 bits per heavy atom. The first-order valence-corrected chi connectivity index (χ1v) is 11.0. The van der Waals surface area contributed by atoms with E-state index in [0.29, 0.717) is 38.5 Å². The number of fused-ring (bicyclic) bond motifs is 3. The van der Waals surface area contributed by atoms with E-state index in [4.69, 9.17) is 4.42 Å². The molecular weight excluding hydrogens is 412 g/mol. The van der Waals surface area contributed by atoms with Crippen LogP contribution in [0.25, 0.3) is 0 Å². The van der Waals surface area contributed by atoms with Crippen LogP contribution in [0.3, 0.4) is 0 Å². The summed E-state index contributed by atoms with van der Waals surface area (Å²) >= 11 is 0. The van der Waals surface area contributed by atoms with Gasteiger partial charge in [0.15, 0.2) is 5.76 Å². The van der Waals surface area contributed by atoms with Crippen LogP contribution < -0.4 is 10.2 Å². The Morgan fingerprint density at radius 3 is 2.78 bits per heavy atom. The summed E-state index contributed by atoms with van der Waals surface area (Å²) in [6, 6.07) is 7.94. The molecule has 2 atom stereocenters. The zero-order chi connectivity index (χ0) is 22.8. The Hall–Kier alpha value is -3.36. The van der Waals surface area contributed by atoms with E-state index < -0.39 is 10.8 Å². The molecular formula is C23H28N4O5. The highest BCUT2D eigenvalue weighted by atomic mass is 16.6. The smallest absolute Gasteiger partial charge is 0.289 e. The van der Waals surface area contributed by atoms with Crippen molar-refractivity contribution in [3.05, 3.63) is 58.0 Å². The fraction of sp³-hybridized carbons (Fsp3) is 0.478. The number of furan rings is 1. The maximum absolute atomic E-state index is 13.2. The average Bonchev–Trinajstić information content (AvgIpc) is 3.31. The summed E-state index contributed by atoms with van der Waals surface area (Å²) in [5.74, 6) is 0.0675. The second-order valence-electron chi connectivity index (χ2n) is 8.84. The van der Waals surface area contributed by atoms with Gasteiger partial charge in [0.1, 0.15) is 0 Å². The molecule has 2 aromatic rings. The van der Waals surface area contributed by atoms with Gasteiger partial charge >= 0.3 is 0 Å². The number of piperazine rings is 1. The Bertz CT molecular complexity index is 1000. The topological polar surface area (TPSA) is 109 Å². The lowest BCUT2D eigenvalue weighted by atomic mass is 9.83. The highest BCUT2D eigenvalue weighted by molar-refractivity contribution is 5.92. The summed E-state index contributed by atoms with van der Waals surface area (Å²) in [6.07, 6.45) is 2.74. The van der Waals surface area contributed by atoms with Crippen molar-refractivity contribution in [3.8, 4) is 0 Å². The van der Waals surface area contributed by atoms with Gasteiger partial charge < -0.3 is 19.5 Å². The van der Waals surface area contributed by atoms with Crippen LogP contribution in [-0.4, -0.2) is 53.9 Å². The molecule has 0 radical (unpaired) electrons. The number of hydrogen-bond acceptors (Lipinski definition) is 6. The Labute approximate surface area is 186 Å². The number of nitrogens with one attached hydrogen (secondary N) is 1. The second kappa shape index (κ2) is 9.02. The van der Waals surface area contributed by atoms with Crippen LogP contribution in [0.5, 0.6) is 0 Å². The van der Waals surface area contributed by atoms with Crippen LogP contribution in [0, 0.1) is 22.0 Å². The quantitative estimate of drug-likeness (QED) is 0.547. The first-order chi connectivity index (χ1) is 15.3. The first kappa shape index (κ1) is 21.9. The summed E-state index contributed by atoms with van der Waals surface area (Å²) in [5, 5.41) is 14.3. The normalized spacial score (nSPS) is 20.0. The van der Waals surface area contributed by atoms with Gasteiger partial charge in [0.05, 0.1) is 23.1 Å². The minimum atomic E-state index is -0.413. The van der Waals surface area contributed by atoms with E-state index in [0.717, 1.165) is 17.7 Å². The molecule has 1 fully saturated rings. The van der Waals surface area contributed by atoms with Crippen molar-refractivity contribution in [2.75, 3.05) is 31.1 Å². The third kappa shape index (κ3) is 4.32. The number of nitro groups is 1. The van der Waals surface area contributed by atoms with Gasteiger partial charge in [0.2, 0.25) is 5.91 Å². The predicted octanol–water partition coefficient (Wildman–Crippen LogP) is 2.85. The molecule has 2 unspecified atom stereocenters. The number of rotatable bonds is 6. The van der Waals surface area contributed by atoms with Crippen LogP contribution >= 0.6 is 0 Å². The van der Waals surface area contributed by atoms with Gasteiger partial charge in [-0.15, -0.1) is 0 Å². The molecule has 3 heterocycles. The van der Waals surface area contributed by atoms with Crippen LogP contribution in [0.15, 0.2) is 41.0 Å². The lowest BCUT2D eigenvalue weighted by Crippen LogP contribution is -2.62. The molecule has 4 rings (SSSR count). The van der Waals surface area contributed by atoms with Crippen molar-refractivity contribution in [2.24, 2.45) is 11.8 Å². The summed E-state index contributed by atoms with van der Waals surface area (Å²) in [7, 11) is 0. The second-order valence-corrected chi connectivity index (χ2v) is 8.84. The molecule has 1 saturated heterocycles. The first-order valence-electron chi connectivity index (χ1n) is 11.0. The monoisotopic (exact) mass is 440 g/mol. The number of carbonyl (C=O) groups excluding carboxylic acids is 2. The molecule has 2 amide bonds. The number of non-ortho nitro benzene ring substituents is 1. The van der Waals surface area contributed by atoms with Gasteiger partial charge in [-0.25, -0.2) is 0 Å². The molecule has 9 nitrogen and oxygen atoms in total. The number of carbonyl (C=O) groups is 2. The number of amides is 2. The molecule has 0 spiro atoms. The van der Waals surface area contributed by atoms with Crippen molar-refractivity contribution in [1.29, 1.82) is 0 Å². The molecule has 1 N–H and O–H groups in total. The van der Waals surface area contributed by atoms with Crippen LogP contribution in [0.1, 0.15) is 36.4 Å². The molecule has 32 heavy (non-hydrogen) atoms. The maximum atomic E-state index is 13.2. The summed E-state index contributed by atoms with van der Waals surface area (Å²) in [5.41, 5.74) is 1.72. The molecule has 0 bridgehead atoms. The summed E-state index contributed by atoms with van der Waals surface area (Å²) in [6.45, 7) is 6.19. The van der Waals surface area contributed by atoms with E-state index in [1.54, 1.807) is 29.2 Å². The fourth-order valence-corrected chi connectivity index (χ4v) is 4.58. The molecule has 0 aliphatic carbocycles. The van der Waals surface area contributed by atoms with Crippen LogP contribution in [0.4, 0.5) is 11.4 Å². The van der Waals surface area contributed by atoms with E-state index >= 15 is 0 Å². The van der Waals surface area contributed by atoms with E-state index in [1.165, 1.54) is 12.3 Å². The molecule has 170 valence electrons. The highest BCUT2D eigenvalue weighted by Crippen LogP contribution is 2.38. The Kier molecular flexibility index (Phi) is 6.16. The lowest BCUT2D eigenvalue weighted by molar-refractivity contribution is -0.384. The zero-order valence-electron chi connectivity index (χ0n) is 18.3. The highest BCUT2D eigenvalue weighted by Gasteiger charge is 2.43. The van der Waals surface area contributed by atoms with E-state index in [1.807, 2.05) is 0 Å². The largest absolute Gasteiger partial charge is 0.459 e. The molecule has 1 aromatic carbocycles. The molecule has 9 heteroatoms. The lowest BCUT2D eigenvalue weighted by Gasteiger charge is -2.48. The third-order valence-corrected chi connectivity index (χ3v) is 6.28. The van der Waals surface area contributed by atoms with Gasteiger partial charge in [-0.3, -0.25) is 19.7 Å². The molecule has 0 saturated carbocycles. The number of hydrogen-bond donors (Lipinski definition) is 1. The van der Waals surface area contributed by atoms with Gasteiger partial charge in [-0.1, -0.05) is 13.8 Å². The zero-order valence-corrected chi connectivity index (χ0v) is 18.3. The number of nitrogens with zero attached hydrogens (tertiary/aromatic N) is 3. The fourth-order valence-electron chi connectivity index (χ4n) is 4.58. The minimum Gasteiger partial charge on any atom is -0.459 e. The van der Waals surface area contributed by atoms with Crippen molar-refractivity contribution in [2.45, 2.75) is 32.7 Å². The molecule has 2 aliphatic rings. The van der Waals surface area contributed by atoms with Crippen molar-refractivity contribution < 1.29 is 18.9 Å². The SMILES string of the molecule is CC(C)CCNC(=O)C1Cc2cc([N+](=O)[O-])ccc2N2CCN(C(=O)c3ccco3)CC12. The number of benzene rings is 1. The van der Waals surface area contributed by atoms with Crippen molar-refractivity contribution in [3.63, 3.8) is 0 Å². The molecule has 1 aromatic heterocycles. The maximum Gasteiger partial charge on any atom is 0.289 e. The summed E-state index contributed by atoms with van der Waals surface area (Å²) in [4.78, 5) is 40.8. The minimum absolute atomic E-state index is 0.0211. The Balaban J connectivity index is 1.61. The standard InChI is InChI=1S/C23H28N4O5/c1-15(2)7-8-24-22(28)18-13-16-12-17(27(30)31)5-6-19(16)26-10-9-25(14-20(18)26)23(29)21-4-3-11-32-21/h3-6,11-12,15,18,20H,7-10,13-14H2,1-2H3,(H,24,28). The van der Waals surface area contributed by atoms with E-state index in [-0.39, 0.29) is 29.3 Å². The Morgan fingerprint density at radius 1 is 1.28 bits per heavy atom. The number of nitro benzene ring substituents is 1. The number of anilines is 1. The summed E-state index contributed by atoms with van der Waals surface area (Å²) < 4.78 is 5.28. The van der Waals surface area contributed by atoms with Gasteiger partial charge in [0.25, 0.3) is 11.6 Å². The van der Waals surface area contributed by atoms with Crippen LogP contribution in [-0.2, 0) is 11.2 Å². The van der Waals surface area contributed by atoms with E-state index in [2.05, 4.69) is 24.1 Å².